The predicted molar refractivity (Wildman–Crippen MR) is 211 cm³/mol. The van der Waals surface area contributed by atoms with Crippen LogP contribution in [0.2, 0.25) is 0 Å². The summed E-state index contributed by atoms with van der Waals surface area (Å²) < 4.78 is 9.16. The van der Waals surface area contributed by atoms with Gasteiger partial charge in [-0.15, -0.1) is 0 Å². The Morgan fingerprint density at radius 2 is 1.31 bits per heavy atom. The van der Waals surface area contributed by atoms with Gasteiger partial charge in [-0.25, -0.2) is 0 Å². The predicted octanol–water partition coefficient (Wildman–Crippen LogP) is 12.4. The van der Waals surface area contributed by atoms with Gasteiger partial charge < -0.3 is 14.2 Å². The van der Waals surface area contributed by atoms with E-state index < -0.39 is 0 Å². The summed E-state index contributed by atoms with van der Waals surface area (Å²) in [7, 11) is 0. The average Bonchev–Trinajstić information content (AvgIpc) is 3.96. The highest BCUT2D eigenvalue weighted by Crippen LogP contribution is 2.60. The van der Waals surface area contributed by atoms with Gasteiger partial charge in [-0.3, -0.25) is 0 Å². The van der Waals surface area contributed by atoms with Gasteiger partial charge >= 0.3 is 0 Å². The van der Waals surface area contributed by atoms with Gasteiger partial charge in [-0.1, -0.05) is 91.9 Å². The zero-order valence-corrected chi connectivity index (χ0v) is 28.9. The third kappa shape index (κ3) is 4.57. The van der Waals surface area contributed by atoms with Gasteiger partial charge in [-0.05, 0) is 120 Å². The minimum atomic E-state index is 0.363. The fraction of sp³-hybridized carbons (Fsp3) is 0.208. The van der Waals surface area contributed by atoms with Crippen molar-refractivity contribution in [1.82, 2.24) is 4.57 Å². The van der Waals surface area contributed by atoms with Gasteiger partial charge in [0.1, 0.15) is 11.9 Å². The standard InChI is InChI=1S/C48H40N2O/c1-30-10-11-32-12-13-33(27-36(32)26-30)31-16-18-37(19-17-31)49(40-24-25-43-46(29-40)51-48-35-15-14-34(28-35)47(43)48)38-20-22-39(23-21-38)50-44-8-4-2-6-41(44)42-7-3-5-9-45(42)50/h2-13,16-25,27,29-30,34-35,47-48H,14-15,26,28H2,1H3. The molecule has 1 aliphatic heterocycles. The third-order valence-electron chi connectivity index (χ3n) is 12.4. The largest absolute Gasteiger partial charge is 0.489 e. The van der Waals surface area contributed by atoms with Crippen LogP contribution in [0.5, 0.6) is 5.75 Å². The Bertz CT molecular complexity index is 2450. The molecule has 3 heteroatoms. The first kappa shape index (κ1) is 29.2. The molecule has 3 aliphatic carbocycles. The molecular weight excluding hydrogens is 621 g/mol. The highest BCUT2D eigenvalue weighted by Gasteiger charge is 2.53. The number of hydrogen-bond donors (Lipinski definition) is 0. The van der Waals surface area contributed by atoms with Crippen molar-refractivity contribution in [2.75, 3.05) is 4.90 Å². The topological polar surface area (TPSA) is 17.4 Å². The van der Waals surface area contributed by atoms with Gasteiger partial charge in [-0.2, -0.15) is 0 Å². The van der Waals surface area contributed by atoms with Crippen LogP contribution in [0.3, 0.4) is 0 Å². The summed E-state index contributed by atoms with van der Waals surface area (Å²) in [4.78, 5) is 2.39. The molecule has 4 aliphatic rings. The maximum atomic E-state index is 6.77. The Balaban J connectivity index is 0.997. The SMILES string of the molecule is CC1C=Cc2ccc(-c3ccc(N(c4ccc(-n5c6ccccc6c6ccccc65)cc4)c4ccc5c(c4)OC4C6CCC(C6)C54)cc3)cc2C1. The lowest BCUT2D eigenvalue weighted by Gasteiger charge is -2.27. The van der Waals surface area contributed by atoms with E-state index in [9.17, 15) is 0 Å². The van der Waals surface area contributed by atoms with Crippen LogP contribution in [0.4, 0.5) is 17.1 Å². The number of benzene rings is 6. The van der Waals surface area contributed by atoms with Crippen LogP contribution in [0.15, 0.2) is 140 Å². The number of anilines is 3. The maximum Gasteiger partial charge on any atom is 0.125 e. The molecule has 248 valence electrons. The van der Waals surface area contributed by atoms with Crippen LogP contribution in [-0.2, 0) is 6.42 Å². The molecule has 51 heavy (non-hydrogen) atoms. The summed E-state index contributed by atoms with van der Waals surface area (Å²) in [6.07, 6.45) is 10.1. The number of nitrogens with zero attached hydrogens (tertiary/aromatic N) is 2. The van der Waals surface area contributed by atoms with Gasteiger partial charge in [0, 0.05) is 51.1 Å². The normalized spacial score (nSPS) is 22.6. The van der Waals surface area contributed by atoms with E-state index in [4.69, 9.17) is 4.74 Å². The first-order valence-electron chi connectivity index (χ1n) is 18.8. The van der Waals surface area contributed by atoms with Crippen molar-refractivity contribution in [3.63, 3.8) is 0 Å². The van der Waals surface area contributed by atoms with Crippen LogP contribution < -0.4 is 9.64 Å². The number of allylic oxidation sites excluding steroid dienone is 1. The Kier molecular flexibility index (Phi) is 6.44. The van der Waals surface area contributed by atoms with Gasteiger partial charge in [0.25, 0.3) is 0 Å². The Morgan fingerprint density at radius 3 is 2.08 bits per heavy atom. The van der Waals surface area contributed by atoms with E-state index in [1.165, 1.54) is 68.9 Å². The van der Waals surface area contributed by atoms with Crippen molar-refractivity contribution < 1.29 is 4.74 Å². The van der Waals surface area contributed by atoms with Crippen molar-refractivity contribution >= 4 is 44.9 Å². The lowest BCUT2D eigenvalue weighted by atomic mass is 9.83. The van der Waals surface area contributed by atoms with E-state index in [0.717, 1.165) is 46.8 Å². The molecular formula is C48H40N2O. The van der Waals surface area contributed by atoms with Crippen molar-refractivity contribution in [1.29, 1.82) is 0 Å². The highest BCUT2D eigenvalue weighted by molar-refractivity contribution is 6.09. The molecule has 2 fully saturated rings. The molecule has 3 nitrogen and oxygen atoms in total. The molecule has 2 saturated carbocycles. The van der Waals surface area contributed by atoms with Crippen LogP contribution in [0, 0.1) is 17.8 Å². The molecule has 11 rings (SSSR count). The lowest BCUT2D eigenvalue weighted by molar-refractivity contribution is 0.148. The molecule has 7 aromatic rings. The van der Waals surface area contributed by atoms with Gasteiger partial charge in [0.15, 0.2) is 0 Å². The van der Waals surface area contributed by atoms with Crippen LogP contribution in [-0.4, -0.2) is 10.7 Å². The van der Waals surface area contributed by atoms with Gasteiger partial charge in [0.2, 0.25) is 0 Å². The minimum Gasteiger partial charge on any atom is -0.489 e. The number of ether oxygens (including phenoxy) is 1. The molecule has 0 saturated heterocycles. The number of para-hydroxylation sites is 2. The highest BCUT2D eigenvalue weighted by atomic mass is 16.5. The monoisotopic (exact) mass is 660 g/mol. The second-order valence-corrected chi connectivity index (χ2v) is 15.4. The Morgan fingerprint density at radius 1 is 0.647 bits per heavy atom. The lowest BCUT2D eigenvalue weighted by Crippen LogP contribution is -2.25. The zero-order valence-electron chi connectivity index (χ0n) is 28.9. The molecule has 0 spiro atoms. The smallest absolute Gasteiger partial charge is 0.125 e. The summed E-state index contributed by atoms with van der Waals surface area (Å²) in [5.41, 5.74) is 13.7. The Labute approximate surface area is 299 Å². The molecule has 0 amide bonds. The second kappa shape index (κ2) is 11.2. The first-order chi connectivity index (χ1) is 25.2. The summed E-state index contributed by atoms with van der Waals surface area (Å²) in [6.45, 7) is 2.30. The van der Waals surface area contributed by atoms with Crippen LogP contribution in [0.1, 0.15) is 48.8 Å². The summed E-state index contributed by atoms with van der Waals surface area (Å²) in [5.74, 6) is 3.74. The van der Waals surface area contributed by atoms with Crippen molar-refractivity contribution in [3.05, 3.63) is 156 Å². The molecule has 2 bridgehead atoms. The average molecular weight is 661 g/mol. The molecule has 5 unspecified atom stereocenters. The molecule has 2 heterocycles. The second-order valence-electron chi connectivity index (χ2n) is 15.4. The number of hydrogen-bond acceptors (Lipinski definition) is 2. The van der Waals surface area contributed by atoms with Crippen LogP contribution in [0.25, 0.3) is 44.7 Å². The quantitative estimate of drug-likeness (QED) is 0.183. The fourth-order valence-corrected chi connectivity index (χ4v) is 10.0. The fourth-order valence-electron chi connectivity index (χ4n) is 10.0. The number of rotatable bonds is 5. The van der Waals surface area contributed by atoms with Crippen LogP contribution >= 0.6 is 0 Å². The Hall–Kier alpha value is -5.54. The maximum absolute atomic E-state index is 6.77. The third-order valence-corrected chi connectivity index (χ3v) is 12.4. The van der Waals surface area contributed by atoms with E-state index in [2.05, 4.69) is 162 Å². The minimum absolute atomic E-state index is 0.363. The number of fused-ring (bicyclic) bond motifs is 11. The summed E-state index contributed by atoms with van der Waals surface area (Å²) >= 11 is 0. The zero-order chi connectivity index (χ0) is 33.6. The molecule has 1 aromatic heterocycles. The van der Waals surface area contributed by atoms with Gasteiger partial charge in [0.05, 0.1) is 11.0 Å². The van der Waals surface area contributed by atoms with Crippen molar-refractivity contribution in [2.24, 2.45) is 17.8 Å². The van der Waals surface area contributed by atoms with Crippen molar-refractivity contribution in [3.8, 4) is 22.6 Å². The number of aromatic nitrogens is 1. The van der Waals surface area contributed by atoms with E-state index in [-0.39, 0.29) is 0 Å². The van der Waals surface area contributed by atoms with Crippen molar-refractivity contribution in [2.45, 2.75) is 44.6 Å². The molecule has 6 aromatic carbocycles. The van der Waals surface area contributed by atoms with E-state index >= 15 is 0 Å². The van der Waals surface area contributed by atoms with E-state index in [1.54, 1.807) is 0 Å². The summed E-state index contributed by atoms with van der Waals surface area (Å²) in [5, 5.41) is 2.56. The molecule has 0 radical (unpaired) electrons. The molecule has 5 atom stereocenters. The first-order valence-corrected chi connectivity index (χ1v) is 18.8. The summed E-state index contributed by atoms with van der Waals surface area (Å²) in [6, 6.07) is 49.6. The van der Waals surface area contributed by atoms with E-state index in [1.807, 2.05) is 0 Å². The van der Waals surface area contributed by atoms with E-state index in [0.29, 0.717) is 17.9 Å². The molecule has 0 N–H and O–H groups in total.